The minimum absolute atomic E-state index is 0.0146. The number of rotatable bonds is 9. The van der Waals surface area contributed by atoms with Crippen molar-refractivity contribution >= 4 is 31.1 Å². The molecule has 0 aromatic heterocycles. The number of carbonyl (C=O) groups excluding carboxylic acids is 2. The summed E-state index contributed by atoms with van der Waals surface area (Å²) in [4.78, 5) is 29.3. The van der Waals surface area contributed by atoms with E-state index in [1.807, 2.05) is 20.8 Å². The number of hydrogen-bond donors (Lipinski definition) is 4. The van der Waals surface area contributed by atoms with Crippen LogP contribution >= 0.6 is 0 Å². The second-order valence-corrected chi connectivity index (χ2v) is 7.55. The SMILES string of the molecule is Bc1ccc(C2CNC([C@H](CNCC)NC(=O)[C@@H](NC(=O)OC)C(C)C)=N2)cc1. The van der Waals surface area contributed by atoms with Gasteiger partial charge in [-0.3, -0.25) is 9.79 Å². The zero-order valence-corrected chi connectivity index (χ0v) is 17.9. The van der Waals surface area contributed by atoms with Gasteiger partial charge in [0.2, 0.25) is 5.91 Å². The molecule has 0 aliphatic carbocycles. The van der Waals surface area contributed by atoms with Gasteiger partial charge in [-0.1, -0.05) is 50.5 Å². The Morgan fingerprint density at radius 3 is 2.55 bits per heavy atom. The number of likely N-dealkylation sites (N-methyl/N-ethyl adjacent to an activating group) is 1. The van der Waals surface area contributed by atoms with Gasteiger partial charge >= 0.3 is 6.09 Å². The van der Waals surface area contributed by atoms with Crippen LogP contribution < -0.4 is 26.7 Å². The summed E-state index contributed by atoms with van der Waals surface area (Å²) >= 11 is 0. The molecule has 0 saturated heterocycles. The molecule has 0 fully saturated rings. The van der Waals surface area contributed by atoms with Gasteiger partial charge in [0.15, 0.2) is 0 Å². The van der Waals surface area contributed by atoms with E-state index in [1.165, 1.54) is 12.6 Å². The van der Waals surface area contributed by atoms with Crippen LogP contribution in [-0.4, -0.2) is 64.5 Å². The van der Waals surface area contributed by atoms with Crippen LogP contribution in [0.15, 0.2) is 29.3 Å². The third-order valence-electron chi connectivity index (χ3n) is 4.89. The van der Waals surface area contributed by atoms with Crippen molar-refractivity contribution in [3.8, 4) is 0 Å². The van der Waals surface area contributed by atoms with Gasteiger partial charge in [-0.05, 0) is 18.0 Å². The normalized spacial score (nSPS) is 17.8. The molecule has 1 unspecified atom stereocenters. The van der Waals surface area contributed by atoms with Crippen molar-refractivity contribution < 1.29 is 14.3 Å². The van der Waals surface area contributed by atoms with Gasteiger partial charge in [-0.25, -0.2) is 4.79 Å². The number of benzene rings is 1. The molecule has 1 aliphatic rings. The van der Waals surface area contributed by atoms with Gasteiger partial charge in [0.05, 0.1) is 19.2 Å². The summed E-state index contributed by atoms with van der Waals surface area (Å²) in [5, 5.41) is 12.2. The maximum absolute atomic E-state index is 12.9. The van der Waals surface area contributed by atoms with E-state index in [2.05, 4.69) is 58.1 Å². The Bertz CT molecular complexity index is 723. The Hall–Kier alpha value is -2.55. The maximum atomic E-state index is 12.9. The van der Waals surface area contributed by atoms with Gasteiger partial charge in [-0.15, -0.1) is 0 Å². The first-order valence-electron chi connectivity index (χ1n) is 10.1. The van der Waals surface area contributed by atoms with Gasteiger partial charge in [0.25, 0.3) is 0 Å². The first-order chi connectivity index (χ1) is 13.8. The minimum Gasteiger partial charge on any atom is -0.453 e. The van der Waals surface area contributed by atoms with Crippen molar-refractivity contribution in [3.05, 3.63) is 29.8 Å². The Kier molecular flexibility index (Phi) is 8.51. The van der Waals surface area contributed by atoms with Crippen LogP contribution in [0, 0.1) is 5.92 Å². The molecule has 0 spiro atoms. The van der Waals surface area contributed by atoms with Crippen LogP contribution in [0.25, 0.3) is 0 Å². The third-order valence-corrected chi connectivity index (χ3v) is 4.89. The third kappa shape index (κ3) is 6.49. The molecule has 1 aromatic carbocycles. The lowest BCUT2D eigenvalue weighted by atomic mass is 9.94. The Balaban J connectivity index is 2.13. The average molecular weight is 401 g/mol. The Labute approximate surface area is 173 Å². The standard InChI is InChI=1S/C20H32BN5O3/c1-5-22-10-16(25-19(27)17(12(2)3)26-20(28)29-4)18-23-11-15(24-18)13-6-8-14(21)9-7-13/h6-9,12,15-17,22H,5,10-11,21H2,1-4H3,(H,23,24)(H,25,27)(H,26,28)/t15?,16-,17-/m0/s1. The monoisotopic (exact) mass is 401 g/mol. The van der Waals surface area contributed by atoms with E-state index < -0.39 is 12.1 Å². The lowest BCUT2D eigenvalue weighted by Crippen LogP contribution is -2.57. The van der Waals surface area contributed by atoms with Crippen molar-refractivity contribution in [2.45, 2.75) is 38.9 Å². The highest BCUT2D eigenvalue weighted by atomic mass is 16.5. The number of ether oxygens (including phenoxy) is 1. The molecule has 29 heavy (non-hydrogen) atoms. The highest BCUT2D eigenvalue weighted by Gasteiger charge is 2.30. The molecule has 0 saturated carbocycles. The van der Waals surface area contributed by atoms with E-state index >= 15 is 0 Å². The summed E-state index contributed by atoms with van der Waals surface area (Å²) in [7, 11) is 3.34. The fourth-order valence-electron chi connectivity index (χ4n) is 3.14. The Morgan fingerprint density at radius 2 is 1.97 bits per heavy atom. The number of nitrogens with one attached hydrogen (secondary N) is 4. The second-order valence-electron chi connectivity index (χ2n) is 7.55. The molecule has 158 valence electrons. The Morgan fingerprint density at radius 1 is 1.28 bits per heavy atom. The van der Waals surface area contributed by atoms with E-state index in [4.69, 9.17) is 4.99 Å². The molecular formula is C20H32BN5O3. The van der Waals surface area contributed by atoms with E-state index in [-0.39, 0.29) is 23.9 Å². The number of methoxy groups -OCH3 is 1. The quantitative estimate of drug-likeness (QED) is 0.417. The summed E-state index contributed by atoms with van der Waals surface area (Å²) in [5.41, 5.74) is 2.35. The van der Waals surface area contributed by atoms with Crippen molar-refractivity contribution in [3.63, 3.8) is 0 Å². The predicted molar refractivity (Wildman–Crippen MR) is 117 cm³/mol. The smallest absolute Gasteiger partial charge is 0.407 e. The highest BCUT2D eigenvalue weighted by molar-refractivity contribution is 6.32. The molecule has 3 atom stereocenters. The van der Waals surface area contributed by atoms with Gasteiger partial charge in [-0.2, -0.15) is 0 Å². The first kappa shape index (κ1) is 22.7. The lowest BCUT2D eigenvalue weighted by molar-refractivity contribution is -0.124. The summed E-state index contributed by atoms with van der Waals surface area (Å²) in [6.45, 7) is 7.75. The molecular weight excluding hydrogens is 369 g/mol. The van der Waals surface area contributed by atoms with Crippen LogP contribution in [0.3, 0.4) is 0 Å². The number of amides is 2. The minimum atomic E-state index is -0.693. The molecule has 8 nitrogen and oxygen atoms in total. The molecule has 1 aliphatic heterocycles. The predicted octanol–water partition coefficient (Wildman–Crippen LogP) is -0.537. The average Bonchev–Trinajstić information content (AvgIpc) is 3.19. The molecule has 2 amide bonds. The fourth-order valence-corrected chi connectivity index (χ4v) is 3.14. The van der Waals surface area contributed by atoms with Crippen molar-refractivity contribution in [1.82, 2.24) is 21.3 Å². The van der Waals surface area contributed by atoms with Gasteiger partial charge in [0, 0.05) is 13.1 Å². The second kappa shape index (κ2) is 10.9. The van der Waals surface area contributed by atoms with Gasteiger partial charge in [0.1, 0.15) is 19.7 Å². The number of carbonyl (C=O) groups is 2. The molecule has 2 rings (SSSR count). The molecule has 0 radical (unpaired) electrons. The van der Waals surface area contributed by atoms with Crippen molar-refractivity contribution in [2.75, 3.05) is 26.7 Å². The molecule has 1 heterocycles. The van der Waals surface area contributed by atoms with Gasteiger partial charge < -0.3 is 26.0 Å². The summed E-state index contributed by atoms with van der Waals surface area (Å²) in [5.74, 6) is 0.384. The molecule has 0 bridgehead atoms. The van der Waals surface area contributed by atoms with E-state index in [9.17, 15) is 9.59 Å². The zero-order chi connectivity index (χ0) is 21.4. The molecule has 9 heteroatoms. The topological polar surface area (TPSA) is 104 Å². The fraction of sp³-hybridized carbons (Fsp3) is 0.550. The van der Waals surface area contributed by atoms with E-state index in [1.54, 1.807) is 0 Å². The number of hydrogen-bond acceptors (Lipinski definition) is 6. The van der Waals surface area contributed by atoms with Crippen molar-refractivity contribution in [2.24, 2.45) is 10.9 Å². The van der Waals surface area contributed by atoms with Crippen LogP contribution in [0.2, 0.25) is 0 Å². The summed E-state index contributed by atoms with van der Waals surface area (Å²) in [6.07, 6.45) is -0.627. The number of alkyl carbamates (subject to hydrolysis) is 1. The van der Waals surface area contributed by atoms with E-state index in [0.29, 0.717) is 13.1 Å². The largest absolute Gasteiger partial charge is 0.453 e. The number of amidine groups is 1. The van der Waals surface area contributed by atoms with Crippen LogP contribution in [-0.2, 0) is 9.53 Å². The number of aliphatic imine (C=N–C) groups is 1. The number of nitrogens with zero attached hydrogens (tertiary/aromatic N) is 1. The summed E-state index contributed by atoms with van der Waals surface area (Å²) < 4.78 is 4.64. The van der Waals surface area contributed by atoms with Crippen LogP contribution in [0.4, 0.5) is 4.79 Å². The first-order valence-corrected chi connectivity index (χ1v) is 10.1. The molecule has 1 aromatic rings. The maximum Gasteiger partial charge on any atom is 0.407 e. The van der Waals surface area contributed by atoms with Crippen molar-refractivity contribution in [1.29, 1.82) is 0 Å². The summed E-state index contributed by atoms with van der Waals surface area (Å²) in [6, 6.07) is 7.32. The zero-order valence-electron chi connectivity index (χ0n) is 17.9. The lowest BCUT2D eigenvalue weighted by Gasteiger charge is -2.25. The van der Waals surface area contributed by atoms with Crippen LogP contribution in [0.1, 0.15) is 32.4 Å². The van der Waals surface area contributed by atoms with E-state index in [0.717, 1.165) is 17.9 Å². The molecule has 4 N–H and O–H groups in total. The highest BCUT2D eigenvalue weighted by Crippen LogP contribution is 2.20. The van der Waals surface area contributed by atoms with Crippen LogP contribution in [0.5, 0.6) is 0 Å².